The molecule has 0 atom stereocenters. The van der Waals surface area contributed by atoms with Crippen LogP contribution in [0.3, 0.4) is 0 Å². The van der Waals surface area contributed by atoms with Crippen LogP contribution >= 0.6 is 34.9 Å². The third kappa shape index (κ3) is 7.17. The molecule has 1 heterocycles. The highest BCUT2D eigenvalue weighted by Crippen LogP contribution is 2.33. The first-order chi connectivity index (χ1) is 12.1. The normalized spacial score (nSPS) is 10.9. The molecule has 0 aliphatic carbocycles. The fraction of sp³-hybridized carbons (Fsp3) is 0.400. The third-order valence-corrected chi connectivity index (χ3v) is 6.07. The predicted molar refractivity (Wildman–Crippen MR) is 96.6 cm³/mol. The van der Waals surface area contributed by atoms with Gasteiger partial charge in [0, 0.05) is 17.9 Å². The van der Waals surface area contributed by atoms with Gasteiger partial charge in [0.1, 0.15) is 5.75 Å². The molecule has 1 aromatic carbocycles. The quantitative estimate of drug-likeness (QED) is 0.602. The molecule has 10 heteroatoms. The number of aromatic nitrogens is 2. The van der Waals surface area contributed by atoms with E-state index in [2.05, 4.69) is 20.3 Å². The number of benzene rings is 1. The Kier molecular flexibility index (Phi) is 8.42. The highest BCUT2D eigenvalue weighted by Gasteiger charge is 2.12. The lowest BCUT2D eigenvalue weighted by molar-refractivity contribution is -0.118. The van der Waals surface area contributed by atoms with E-state index in [9.17, 15) is 13.6 Å². The van der Waals surface area contributed by atoms with E-state index >= 15 is 0 Å². The van der Waals surface area contributed by atoms with Gasteiger partial charge in [-0.1, -0.05) is 60.0 Å². The zero-order valence-corrected chi connectivity index (χ0v) is 15.9. The van der Waals surface area contributed by atoms with Gasteiger partial charge in [-0.25, -0.2) is 0 Å². The summed E-state index contributed by atoms with van der Waals surface area (Å²) in [6.45, 7) is -0.197. The van der Waals surface area contributed by atoms with Crippen molar-refractivity contribution in [1.82, 2.24) is 15.5 Å². The minimum Gasteiger partial charge on any atom is -0.435 e. The summed E-state index contributed by atoms with van der Waals surface area (Å²) in [6.07, 6.45) is 0.896. The van der Waals surface area contributed by atoms with Crippen LogP contribution in [0.25, 0.3) is 0 Å². The third-order valence-electron chi connectivity index (χ3n) is 2.83. The fourth-order valence-electron chi connectivity index (χ4n) is 1.73. The van der Waals surface area contributed by atoms with E-state index in [1.165, 1.54) is 40.9 Å². The molecule has 0 fully saturated rings. The van der Waals surface area contributed by atoms with Crippen molar-refractivity contribution < 1.29 is 18.3 Å². The molecule has 0 bridgehead atoms. The van der Waals surface area contributed by atoms with Crippen LogP contribution < -0.4 is 10.1 Å². The van der Waals surface area contributed by atoms with Crippen LogP contribution in [0.4, 0.5) is 8.78 Å². The minimum absolute atomic E-state index is 0.0330. The predicted octanol–water partition coefficient (Wildman–Crippen LogP) is 4.05. The summed E-state index contributed by atoms with van der Waals surface area (Å²) in [4.78, 5) is 11.6. The van der Waals surface area contributed by atoms with Gasteiger partial charge in [0.15, 0.2) is 8.68 Å². The summed E-state index contributed by atoms with van der Waals surface area (Å²) >= 11 is 4.09. The first-order valence-electron chi connectivity index (χ1n) is 7.47. The summed E-state index contributed by atoms with van der Waals surface area (Å²) in [5.41, 5.74) is 0.663. The van der Waals surface area contributed by atoms with Gasteiger partial charge >= 0.3 is 6.61 Å². The molecule has 5 nitrogen and oxygen atoms in total. The monoisotopic (exact) mass is 405 g/mol. The number of ether oxygens (including phenoxy) is 1. The number of nitrogens with one attached hydrogen (secondary N) is 1. The van der Waals surface area contributed by atoms with Crippen LogP contribution in [-0.4, -0.2) is 35.0 Å². The van der Waals surface area contributed by atoms with Crippen molar-refractivity contribution in [2.45, 2.75) is 34.4 Å². The molecule has 0 aliphatic heterocycles. The largest absolute Gasteiger partial charge is 0.435 e. The number of thioether (sulfide) groups is 2. The molecule has 1 amide bonds. The molecule has 25 heavy (non-hydrogen) atoms. The number of alkyl halides is 2. The van der Waals surface area contributed by atoms with Gasteiger partial charge in [-0.3, -0.25) is 4.79 Å². The second kappa shape index (κ2) is 10.6. The SMILES string of the molecule is CCCNC(=O)CSc1nnc(SCc2ccccc2OC(F)F)s1. The highest BCUT2D eigenvalue weighted by molar-refractivity contribution is 8.03. The Labute approximate surface area is 156 Å². The number of hydrogen-bond acceptors (Lipinski definition) is 7. The summed E-state index contributed by atoms with van der Waals surface area (Å²) in [6, 6.07) is 6.66. The maximum absolute atomic E-state index is 12.4. The Morgan fingerprint density at radius 3 is 2.72 bits per heavy atom. The van der Waals surface area contributed by atoms with Crippen LogP contribution in [0, 0.1) is 0 Å². The van der Waals surface area contributed by atoms with Crippen molar-refractivity contribution in [1.29, 1.82) is 0 Å². The van der Waals surface area contributed by atoms with E-state index < -0.39 is 6.61 Å². The fourth-order valence-corrected chi connectivity index (χ4v) is 4.57. The van der Waals surface area contributed by atoms with Gasteiger partial charge in [0.05, 0.1) is 5.75 Å². The standard InChI is InChI=1S/C15H17F2N3O2S3/c1-2-7-18-12(21)9-24-15-20-19-14(25-15)23-8-10-5-3-4-6-11(10)22-13(16)17/h3-6,13H,2,7-9H2,1H3,(H,18,21). The Morgan fingerprint density at radius 1 is 1.28 bits per heavy atom. The van der Waals surface area contributed by atoms with E-state index in [1.54, 1.807) is 18.2 Å². The lowest BCUT2D eigenvalue weighted by atomic mass is 10.2. The molecular weight excluding hydrogens is 388 g/mol. The maximum atomic E-state index is 12.4. The molecule has 2 rings (SSSR count). The number of para-hydroxylation sites is 1. The van der Waals surface area contributed by atoms with Gasteiger partial charge in [0.2, 0.25) is 5.91 Å². The Balaban J connectivity index is 1.84. The van der Waals surface area contributed by atoms with E-state index in [4.69, 9.17) is 0 Å². The van der Waals surface area contributed by atoms with Crippen LogP contribution in [0.5, 0.6) is 5.75 Å². The molecule has 0 saturated carbocycles. The summed E-state index contributed by atoms with van der Waals surface area (Å²) in [7, 11) is 0. The van der Waals surface area contributed by atoms with Crippen LogP contribution in [0.15, 0.2) is 32.9 Å². The Bertz CT molecular complexity index is 686. The van der Waals surface area contributed by atoms with Gasteiger partial charge in [-0.05, 0) is 12.5 Å². The van der Waals surface area contributed by atoms with Crippen molar-refractivity contribution in [3.8, 4) is 5.75 Å². The zero-order valence-electron chi connectivity index (χ0n) is 13.4. The van der Waals surface area contributed by atoms with Crippen LogP contribution in [-0.2, 0) is 10.5 Å². The molecule has 136 valence electrons. The second-order valence-corrected chi connectivity index (χ2v) is 8.17. The van der Waals surface area contributed by atoms with Crippen LogP contribution in [0.1, 0.15) is 18.9 Å². The topological polar surface area (TPSA) is 64.1 Å². The first kappa shape index (κ1) is 19.9. The van der Waals surface area contributed by atoms with Crippen molar-refractivity contribution in [3.05, 3.63) is 29.8 Å². The smallest absolute Gasteiger partial charge is 0.387 e. The number of carbonyl (C=O) groups is 1. The molecular formula is C15H17F2N3O2S3. The zero-order chi connectivity index (χ0) is 18.1. The average Bonchev–Trinajstić information content (AvgIpc) is 3.05. The van der Waals surface area contributed by atoms with Crippen molar-refractivity contribution in [2.24, 2.45) is 0 Å². The number of nitrogens with zero attached hydrogens (tertiary/aromatic N) is 2. The Hall–Kier alpha value is -1.39. The number of amides is 1. The maximum Gasteiger partial charge on any atom is 0.387 e. The molecule has 0 unspecified atom stereocenters. The lowest BCUT2D eigenvalue weighted by Crippen LogP contribution is -2.25. The van der Waals surface area contributed by atoms with E-state index in [-0.39, 0.29) is 11.7 Å². The van der Waals surface area contributed by atoms with Gasteiger partial charge in [0.25, 0.3) is 0 Å². The number of carbonyl (C=O) groups excluding carboxylic acids is 1. The van der Waals surface area contributed by atoms with E-state index in [0.29, 0.717) is 32.3 Å². The number of halogens is 2. The summed E-state index contributed by atoms with van der Waals surface area (Å²) in [5.74, 6) is 0.870. The molecule has 0 saturated heterocycles. The van der Waals surface area contributed by atoms with Crippen molar-refractivity contribution in [2.75, 3.05) is 12.3 Å². The van der Waals surface area contributed by atoms with Crippen molar-refractivity contribution >= 4 is 40.8 Å². The van der Waals surface area contributed by atoms with Crippen LogP contribution in [0.2, 0.25) is 0 Å². The summed E-state index contributed by atoms with van der Waals surface area (Å²) < 4.78 is 30.7. The van der Waals surface area contributed by atoms with Gasteiger partial charge in [-0.15, -0.1) is 10.2 Å². The lowest BCUT2D eigenvalue weighted by Gasteiger charge is -2.09. The number of rotatable bonds is 10. The van der Waals surface area contributed by atoms with E-state index in [0.717, 1.165) is 6.42 Å². The van der Waals surface area contributed by atoms with E-state index in [1.807, 2.05) is 6.92 Å². The first-order valence-corrected chi connectivity index (χ1v) is 10.3. The minimum atomic E-state index is -2.85. The molecule has 1 N–H and O–H groups in total. The highest BCUT2D eigenvalue weighted by atomic mass is 32.2. The molecule has 0 aliphatic rings. The Morgan fingerprint density at radius 2 is 2.00 bits per heavy atom. The van der Waals surface area contributed by atoms with Crippen molar-refractivity contribution in [3.63, 3.8) is 0 Å². The van der Waals surface area contributed by atoms with Gasteiger partial charge < -0.3 is 10.1 Å². The average molecular weight is 406 g/mol. The number of hydrogen-bond donors (Lipinski definition) is 1. The molecule has 0 radical (unpaired) electrons. The second-order valence-electron chi connectivity index (χ2n) is 4.75. The molecule has 2 aromatic rings. The summed E-state index contributed by atoms with van der Waals surface area (Å²) in [5, 5.41) is 10.9. The van der Waals surface area contributed by atoms with Gasteiger partial charge in [-0.2, -0.15) is 8.78 Å². The molecule has 0 spiro atoms. The molecule has 1 aromatic heterocycles.